The lowest BCUT2D eigenvalue weighted by Crippen LogP contribution is -2.18. The van der Waals surface area contributed by atoms with Crippen molar-refractivity contribution < 1.29 is 4.42 Å². The fraction of sp³-hybridized carbons (Fsp3) is 0.273. The molecule has 1 rings (SSSR count). The van der Waals surface area contributed by atoms with E-state index in [1.54, 1.807) is 18.2 Å². The molecule has 0 aliphatic carbocycles. The van der Waals surface area contributed by atoms with E-state index < -0.39 is 5.41 Å². The summed E-state index contributed by atoms with van der Waals surface area (Å²) in [7, 11) is 0. The summed E-state index contributed by atoms with van der Waals surface area (Å²) in [5.74, 6) is 0.648. The molecule has 0 saturated carbocycles. The van der Waals surface area contributed by atoms with Gasteiger partial charge >= 0.3 is 0 Å². The van der Waals surface area contributed by atoms with Crippen LogP contribution in [0.4, 0.5) is 0 Å². The largest absolute Gasteiger partial charge is 0.469 e. The highest BCUT2D eigenvalue weighted by Gasteiger charge is 2.30. The summed E-state index contributed by atoms with van der Waals surface area (Å²) >= 11 is 0. The summed E-state index contributed by atoms with van der Waals surface area (Å²) in [6.07, 6.45) is 3.76. The third-order valence-corrected chi connectivity index (χ3v) is 1.98. The van der Waals surface area contributed by atoms with Crippen molar-refractivity contribution in [3.05, 3.63) is 36.8 Å². The minimum atomic E-state index is -1.04. The molecule has 0 fully saturated rings. The van der Waals surface area contributed by atoms with Crippen molar-refractivity contribution in [1.82, 2.24) is 0 Å². The van der Waals surface area contributed by atoms with Crippen molar-refractivity contribution in [2.24, 2.45) is 5.41 Å². The summed E-state index contributed by atoms with van der Waals surface area (Å²) < 4.78 is 5.10. The first-order chi connectivity index (χ1) is 6.76. The lowest BCUT2D eigenvalue weighted by Gasteiger charge is -2.13. The summed E-state index contributed by atoms with van der Waals surface area (Å²) in [5.41, 5.74) is -1.04. The summed E-state index contributed by atoms with van der Waals surface area (Å²) in [5, 5.41) is 17.9. The molecule has 1 aromatic rings. The number of nitriles is 2. The second-order valence-electron chi connectivity index (χ2n) is 3.05. The average Bonchev–Trinajstić information content (AvgIpc) is 2.69. The minimum Gasteiger partial charge on any atom is -0.469 e. The minimum absolute atomic E-state index is 0.305. The van der Waals surface area contributed by atoms with Crippen molar-refractivity contribution in [2.75, 3.05) is 0 Å². The third kappa shape index (κ3) is 2.02. The molecule has 70 valence electrons. The van der Waals surface area contributed by atoms with Gasteiger partial charge in [-0.2, -0.15) is 10.5 Å². The van der Waals surface area contributed by atoms with Gasteiger partial charge in [-0.15, -0.1) is 6.58 Å². The van der Waals surface area contributed by atoms with Crippen LogP contribution in [0.2, 0.25) is 0 Å². The number of hydrogen-bond donors (Lipinski definition) is 0. The van der Waals surface area contributed by atoms with Gasteiger partial charge in [0, 0.05) is 6.42 Å². The maximum Gasteiger partial charge on any atom is 0.154 e. The number of hydrogen-bond acceptors (Lipinski definition) is 3. The van der Waals surface area contributed by atoms with E-state index >= 15 is 0 Å². The molecule has 0 bridgehead atoms. The average molecular weight is 186 g/mol. The maximum atomic E-state index is 8.94. The molecule has 0 saturated heterocycles. The second-order valence-corrected chi connectivity index (χ2v) is 3.05. The van der Waals surface area contributed by atoms with Gasteiger partial charge in [-0.05, 0) is 18.6 Å². The highest BCUT2D eigenvalue weighted by atomic mass is 16.3. The monoisotopic (exact) mass is 186 g/mol. The lowest BCUT2D eigenvalue weighted by molar-refractivity contribution is 0.432. The Bertz CT molecular complexity index is 364. The van der Waals surface area contributed by atoms with Crippen LogP contribution in [0.15, 0.2) is 35.5 Å². The van der Waals surface area contributed by atoms with E-state index in [1.807, 2.05) is 12.1 Å². The third-order valence-electron chi connectivity index (χ3n) is 1.98. The molecule has 0 spiro atoms. The summed E-state index contributed by atoms with van der Waals surface area (Å²) in [6.45, 7) is 3.54. The number of nitrogens with zero attached hydrogens (tertiary/aromatic N) is 2. The topological polar surface area (TPSA) is 60.7 Å². The van der Waals surface area contributed by atoms with E-state index in [0.717, 1.165) is 0 Å². The molecule has 0 amide bonds. The number of furan rings is 1. The normalized spacial score (nSPS) is 10.1. The predicted molar refractivity (Wildman–Crippen MR) is 50.9 cm³/mol. The van der Waals surface area contributed by atoms with Crippen molar-refractivity contribution in [1.29, 1.82) is 10.5 Å². The molecule has 3 nitrogen and oxygen atoms in total. The van der Waals surface area contributed by atoms with Gasteiger partial charge in [0.05, 0.1) is 18.4 Å². The zero-order chi connectivity index (χ0) is 10.4. The summed E-state index contributed by atoms with van der Waals surface area (Å²) in [6, 6.07) is 7.52. The van der Waals surface area contributed by atoms with Crippen molar-refractivity contribution in [3.63, 3.8) is 0 Å². The van der Waals surface area contributed by atoms with E-state index in [0.29, 0.717) is 18.6 Å². The Labute approximate surface area is 82.9 Å². The summed E-state index contributed by atoms with van der Waals surface area (Å²) in [4.78, 5) is 0. The predicted octanol–water partition coefficient (Wildman–Crippen LogP) is 2.43. The van der Waals surface area contributed by atoms with Gasteiger partial charge in [0.25, 0.3) is 0 Å². The highest BCUT2D eigenvalue weighted by Crippen LogP contribution is 2.26. The Kier molecular flexibility index (Phi) is 3.09. The molecule has 0 radical (unpaired) electrons. The molecular formula is C11H10N2O. The highest BCUT2D eigenvalue weighted by molar-refractivity contribution is 5.20. The van der Waals surface area contributed by atoms with Crippen LogP contribution in [-0.4, -0.2) is 0 Å². The number of allylic oxidation sites excluding steroid dienone is 1. The van der Waals surface area contributed by atoms with Gasteiger partial charge in [-0.25, -0.2) is 0 Å². The number of rotatable bonds is 4. The van der Waals surface area contributed by atoms with Crippen LogP contribution in [0.3, 0.4) is 0 Å². The SMILES string of the molecule is C=CCC(C#N)(C#N)Cc1ccco1. The molecule has 0 N–H and O–H groups in total. The molecule has 0 atom stereocenters. The molecule has 0 unspecified atom stereocenters. The molecule has 0 aliphatic rings. The molecule has 0 aliphatic heterocycles. The fourth-order valence-electron chi connectivity index (χ4n) is 1.22. The van der Waals surface area contributed by atoms with Gasteiger partial charge in [-0.3, -0.25) is 0 Å². The Hall–Kier alpha value is -2.00. The van der Waals surface area contributed by atoms with Crippen LogP contribution in [0.1, 0.15) is 12.2 Å². The van der Waals surface area contributed by atoms with E-state index in [1.165, 1.54) is 6.26 Å². The molecule has 14 heavy (non-hydrogen) atoms. The van der Waals surface area contributed by atoms with Crippen molar-refractivity contribution in [2.45, 2.75) is 12.8 Å². The van der Waals surface area contributed by atoms with Crippen molar-refractivity contribution in [3.8, 4) is 12.1 Å². The van der Waals surface area contributed by atoms with Gasteiger partial charge in [-0.1, -0.05) is 6.08 Å². The van der Waals surface area contributed by atoms with Crippen LogP contribution in [0.5, 0.6) is 0 Å². The first-order valence-corrected chi connectivity index (χ1v) is 4.22. The van der Waals surface area contributed by atoms with Gasteiger partial charge < -0.3 is 4.42 Å². The quantitative estimate of drug-likeness (QED) is 0.678. The van der Waals surface area contributed by atoms with Crippen LogP contribution in [0.25, 0.3) is 0 Å². The molecular weight excluding hydrogens is 176 g/mol. The fourth-order valence-corrected chi connectivity index (χ4v) is 1.22. The Balaban J connectivity index is 2.86. The smallest absolute Gasteiger partial charge is 0.154 e. The Morgan fingerprint density at radius 1 is 1.50 bits per heavy atom. The lowest BCUT2D eigenvalue weighted by atomic mass is 9.83. The zero-order valence-corrected chi connectivity index (χ0v) is 7.73. The van der Waals surface area contributed by atoms with E-state index in [-0.39, 0.29) is 0 Å². The van der Waals surface area contributed by atoms with Crippen LogP contribution < -0.4 is 0 Å². The Morgan fingerprint density at radius 3 is 2.64 bits per heavy atom. The van der Waals surface area contributed by atoms with Gasteiger partial charge in [0.15, 0.2) is 5.41 Å². The molecule has 0 aromatic carbocycles. The van der Waals surface area contributed by atoms with Crippen LogP contribution in [0, 0.1) is 28.1 Å². The van der Waals surface area contributed by atoms with E-state index in [9.17, 15) is 0 Å². The van der Waals surface area contributed by atoms with Crippen molar-refractivity contribution >= 4 is 0 Å². The van der Waals surface area contributed by atoms with E-state index in [4.69, 9.17) is 14.9 Å². The zero-order valence-electron chi connectivity index (χ0n) is 7.73. The standard InChI is InChI=1S/C11H10N2O/c1-2-5-11(8-12,9-13)7-10-4-3-6-14-10/h2-4,6H,1,5,7H2. The van der Waals surface area contributed by atoms with Gasteiger partial charge in [0.2, 0.25) is 0 Å². The molecule has 3 heteroatoms. The Morgan fingerprint density at radius 2 is 2.21 bits per heavy atom. The molecule has 1 aromatic heterocycles. The maximum absolute atomic E-state index is 8.94. The molecule has 1 heterocycles. The first-order valence-electron chi connectivity index (χ1n) is 4.22. The van der Waals surface area contributed by atoms with Crippen LogP contribution in [-0.2, 0) is 6.42 Å². The first kappa shape index (κ1) is 10.1. The van der Waals surface area contributed by atoms with E-state index in [2.05, 4.69) is 6.58 Å². The second kappa shape index (κ2) is 4.30. The van der Waals surface area contributed by atoms with Gasteiger partial charge in [0.1, 0.15) is 5.76 Å². The van der Waals surface area contributed by atoms with Crippen LogP contribution >= 0.6 is 0 Å².